The van der Waals surface area contributed by atoms with Gasteiger partial charge in [-0.2, -0.15) is 0 Å². The lowest BCUT2D eigenvalue weighted by Crippen LogP contribution is -2.39. The average molecular weight is 370 g/mol. The van der Waals surface area contributed by atoms with Gasteiger partial charge in [0.05, 0.1) is 13.2 Å². The molecule has 0 aliphatic carbocycles. The Kier molecular flexibility index (Phi) is 6.65. The molecule has 0 unspecified atom stereocenters. The summed E-state index contributed by atoms with van der Waals surface area (Å²) in [5.41, 5.74) is 3.37. The zero-order valence-corrected chi connectivity index (χ0v) is 16.0. The number of morpholine rings is 1. The third-order valence-corrected chi connectivity index (χ3v) is 4.66. The maximum absolute atomic E-state index is 13.4. The van der Waals surface area contributed by atoms with E-state index < -0.39 is 0 Å². The van der Waals surface area contributed by atoms with Gasteiger partial charge in [-0.1, -0.05) is 30.3 Å². The van der Waals surface area contributed by atoms with Crippen LogP contribution < -0.4 is 10.2 Å². The predicted octanol–water partition coefficient (Wildman–Crippen LogP) is 2.87. The second-order valence-electron chi connectivity index (χ2n) is 6.61. The molecule has 0 spiro atoms. The van der Waals surface area contributed by atoms with E-state index in [4.69, 9.17) is 4.74 Å². The number of aliphatic imine (C=N–C) groups is 1. The molecule has 3 rings (SSSR count). The molecule has 6 heteroatoms. The molecule has 144 valence electrons. The number of ether oxygens (including phenoxy) is 1. The van der Waals surface area contributed by atoms with Gasteiger partial charge in [0.25, 0.3) is 0 Å². The summed E-state index contributed by atoms with van der Waals surface area (Å²) in [5, 5.41) is 3.42. The number of hydrogen-bond donors (Lipinski definition) is 1. The molecule has 0 amide bonds. The summed E-state index contributed by atoms with van der Waals surface area (Å²) >= 11 is 0. The topological polar surface area (TPSA) is 40.1 Å². The van der Waals surface area contributed by atoms with E-state index >= 15 is 0 Å². The highest BCUT2D eigenvalue weighted by molar-refractivity contribution is 5.79. The fraction of sp³-hybridized carbons (Fsp3) is 0.381. The van der Waals surface area contributed by atoms with E-state index in [2.05, 4.69) is 39.5 Å². The fourth-order valence-electron chi connectivity index (χ4n) is 3.32. The van der Waals surface area contributed by atoms with E-state index in [-0.39, 0.29) is 5.82 Å². The lowest BCUT2D eigenvalue weighted by atomic mass is 10.1. The Morgan fingerprint density at radius 3 is 2.70 bits per heavy atom. The monoisotopic (exact) mass is 370 g/mol. The van der Waals surface area contributed by atoms with Gasteiger partial charge >= 0.3 is 0 Å². The number of nitrogens with zero attached hydrogens (tertiary/aromatic N) is 3. The number of rotatable bonds is 5. The number of guanidine groups is 1. The molecule has 1 fully saturated rings. The highest BCUT2D eigenvalue weighted by Crippen LogP contribution is 2.21. The van der Waals surface area contributed by atoms with Crippen molar-refractivity contribution < 1.29 is 9.13 Å². The molecule has 0 bridgehead atoms. The number of halogens is 1. The molecule has 0 aromatic heterocycles. The molecular weight excluding hydrogens is 343 g/mol. The van der Waals surface area contributed by atoms with Crippen molar-refractivity contribution in [3.8, 4) is 0 Å². The first kappa shape index (κ1) is 19.2. The summed E-state index contributed by atoms with van der Waals surface area (Å²) in [6.45, 7) is 4.60. The fourth-order valence-corrected chi connectivity index (χ4v) is 3.32. The highest BCUT2D eigenvalue weighted by Gasteiger charge is 2.15. The number of hydrogen-bond acceptors (Lipinski definition) is 3. The summed E-state index contributed by atoms with van der Waals surface area (Å²) in [4.78, 5) is 8.72. The largest absolute Gasteiger partial charge is 0.378 e. The predicted molar refractivity (Wildman–Crippen MR) is 108 cm³/mol. The third kappa shape index (κ3) is 5.20. The van der Waals surface area contributed by atoms with Crippen molar-refractivity contribution in [3.63, 3.8) is 0 Å². The first-order valence-electron chi connectivity index (χ1n) is 9.24. The quantitative estimate of drug-likeness (QED) is 0.649. The number of nitrogens with one attached hydrogen (secondary N) is 1. The molecule has 2 aromatic rings. The molecule has 5 nitrogen and oxygen atoms in total. The molecule has 2 aromatic carbocycles. The van der Waals surface area contributed by atoms with Crippen molar-refractivity contribution in [1.29, 1.82) is 0 Å². The summed E-state index contributed by atoms with van der Waals surface area (Å²) < 4.78 is 18.9. The maximum atomic E-state index is 13.4. The van der Waals surface area contributed by atoms with Crippen molar-refractivity contribution >= 4 is 11.6 Å². The van der Waals surface area contributed by atoms with Gasteiger partial charge in [-0.05, 0) is 29.3 Å². The second kappa shape index (κ2) is 9.37. The maximum Gasteiger partial charge on any atom is 0.193 e. The summed E-state index contributed by atoms with van der Waals surface area (Å²) in [6, 6.07) is 15.1. The molecule has 0 saturated carbocycles. The van der Waals surface area contributed by atoms with E-state index in [1.807, 2.05) is 18.0 Å². The van der Waals surface area contributed by atoms with Gasteiger partial charge in [0.15, 0.2) is 5.96 Å². The first-order chi connectivity index (χ1) is 13.2. The van der Waals surface area contributed by atoms with Crippen LogP contribution in [0.5, 0.6) is 0 Å². The minimum atomic E-state index is -0.219. The van der Waals surface area contributed by atoms with Crippen LogP contribution in [0.25, 0.3) is 0 Å². The van der Waals surface area contributed by atoms with Crippen LogP contribution in [0.4, 0.5) is 10.1 Å². The smallest absolute Gasteiger partial charge is 0.193 e. The van der Waals surface area contributed by atoms with Crippen LogP contribution in [-0.2, 0) is 17.8 Å². The lowest BCUT2D eigenvalue weighted by Gasteiger charge is -2.31. The molecular formula is C21H27FN4O. The number of benzene rings is 2. The molecule has 1 aliphatic rings. The molecule has 1 aliphatic heterocycles. The van der Waals surface area contributed by atoms with E-state index in [0.717, 1.165) is 37.8 Å². The van der Waals surface area contributed by atoms with Crippen LogP contribution in [0.1, 0.15) is 11.1 Å². The minimum Gasteiger partial charge on any atom is -0.378 e. The highest BCUT2D eigenvalue weighted by atomic mass is 19.1. The minimum absolute atomic E-state index is 0.219. The molecule has 0 atom stereocenters. The zero-order chi connectivity index (χ0) is 19.1. The van der Waals surface area contributed by atoms with Crippen LogP contribution >= 0.6 is 0 Å². The van der Waals surface area contributed by atoms with Crippen molar-refractivity contribution in [2.45, 2.75) is 13.1 Å². The number of anilines is 1. The Morgan fingerprint density at radius 2 is 1.96 bits per heavy atom. The van der Waals surface area contributed by atoms with Crippen molar-refractivity contribution in [2.24, 2.45) is 4.99 Å². The van der Waals surface area contributed by atoms with Gasteiger partial charge in [-0.15, -0.1) is 0 Å². The van der Waals surface area contributed by atoms with Crippen LogP contribution in [0.2, 0.25) is 0 Å². The Balaban J connectivity index is 1.64. The molecule has 27 heavy (non-hydrogen) atoms. The van der Waals surface area contributed by atoms with Crippen molar-refractivity contribution in [3.05, 3.63) is 65.5 Å². The van der Waals surface area contributed by atoms with Gasteiger partial charge in [0.1, 0.15) is 5.82 Å². The van der Waals surface area contributed by atoms with Crippen LogP contribution in [0.3, 0.4) is 0 Å². The first-order valence-corrected chi connectivity index (χ1v) is 9.24. The van der Waals surface area contributed by atoms with E-state index in [9.17, 15) is 4.39 Å². The van der Waals surface area contributed by atoms with Crippen LogP contribution in [0, 0.1) is 5.82 Å². The van der Waals surface area contributed by atoms with Gasteiger partial charge in [-0.25, -0.2) is 4.39 Å². The molecule has 1 saturated heterocycles. The van der Waals surface area contributed by atoms with Crippen molar-refractivity contribution in [2.75, 3.05) is 45.3 Å². The van der Waals surface area contributed by atoms with Gasteiger partial charge in [0, 0.05) is 46.0 Å². The molecule has 1 heterocycles. The normalized spacial score (nSPS) is 14.9. The standard InChI is InChI=1S/C21H27FN4O/c1-23-21(25(2)16-17-6-5-8-19(22)14-17)24-15-18-7-3-4-9-20(18)26-10-12-27-13-11-26/h3-9,14H,10-13,15-16H2,1-2H3,(H,23,24). The average Bonchev–Trinajstić information content (AvgIpc) is 2.69. The summed E-state index contributed by atoms with van der Waals surface area (Å²) in [6.07, 6.45) is 0. The van der Waals surface area contributed by atoms with Gasteiger partial charge in [-0.3, -0.25) is 4.99 Å². The van der Waals surface area contributed by atoms with E-state index in [0.29, 0.717) is 13.1 Å². The van der Waals surface area contributed by atoms with Crippen LogP contribution in [0.15, 0.2) is 53.5 Å². The van der Waals surface area contributed by atoms with Gasteiger partial charge in [0.2, 0.25) is 0 Å². The molecule has 1 N–H and O–H groups in total. The molecule has 0 radical (unpaired) electrons. The zero-order valence-electron chi connectivity index (χ0n) is 16.0. The van der Waals surface area contributed by atoms with Crippen molar-refractivity contribution in [1.82, 2.24) is 10.2 Å². The van der Waals surface area contributed by atoms with Crippen LogP contribution in [-0.4, -0.2) is 51.3 Å². The lowest BCUT2D eigenvalue weighted by molar-refractivity contribution is 0.122. The SMILES string of the molecule is CN=C(NCc1ccccc1N1CCOCC1)N(C)Cc1cccc(F)c1. The number of para-hydroxylation sites is 1. The Labute approximate surface area is 160 Å². The summed E-state index contributed by atoms with van der Waals surface area (Å²) in [7, 11) is 3.71. The third-order valence-electron chi connectivity index (χ3n) is 4.66. The van der Waals surface area contributed by atoms with E-state index in [1.165, 1.54) is 17.3 Å². The second-order valence-corrected chi connectivity index (χ2v) is 6.61. The van der Waals surface area contributed by atoms with E-state index in [1.54, 1.807) is 19.2 Å². The summed E-state index contributed by atoms with van der Waals surface area (Å²) in [5.74, 6) is 0.555. The van der Waals surface area contributed by atoms with Gasteiger partial charge < -0.3 is 19.9 Å². The Hall–Kier alpha value is -2.60. The Morgan fingerprint density at radius 1 is 1.19 bits per heavy atom. The Bertz CT molecular complexity index is 774.